The normalized spacial score (nSPS) is 12.8. The summed E-state index contributed by atoms with van der Waals surface area (Å²) in [4.78, 5) is 2.57. The molecular weight excluding hydrogens is 196 g/mol. The van der Waals surface area contributed by atoms with Crippen LogP contribution in [0.3, 0.4) is 0 Å². The van der Waals surface area contributed by atoms with Crippen LogP contribution in [0, 0.1) is 5.92 Å². The SMILES string of the molecule is CCC(CC)CN(CC)CCNC(C)(C)C. The van der Waals surface area contributed by atoms with Crippen molar-refractivity contribution in [2.24, 2.45) is 5.92 Å². The third-order valence-corrected chi connectivity index (χ3v) is 3.20. The van der Waals surface area contributed by atoms with Crippen molar-refractivity contribution in [2.75, 3.05) is 26.2 Å². The number of likely N-dealkylation sites (N-methyl/N-ethyl adjacent to an activating group) is 1. The summed E-state index contributed by atoms with van der Waals surface area (Å²) >= 11 is 0. The van der Waals surface area contributed by atoms with Gasteiger partial charge in [-0.25, -0.2) is 0 Å². The first kappa shape index (κ1) is 15.9. The van der Waals surface area contributed by atoms with Crippen LogP contribution in [-0.4, -0.2) is 36.6 Å². The molecule has 0 bridgehead atoms. The zero-order chi connectivity index (χ0) is 12.6. The smallest absolute Gasteiger partial charge is 0.0107 e. The average Bonchev–Trinajstić information content (AvgIpc) is 2.21. The van der Waals surface area contributed by atoms with E-state index in [0.29, 0.717) is 0 Å². The molecular formula is C14H32N2. The molecule has 16 heavy (non-hydrogen) atoms. The summed E-state index contributed by atoms with van der Waals surface area (Å²) in [6, 6.07) is 0. The minimum absolute atomic E-state index is 0.244. The maximum atomic E-state index is 3.55. The third-order valence-electron chi connectivity index (χ3n) is 3.20. The van der Waals surface area contributed by atoms with Crippen molar-refractivity contribution >= 4 is 0 Å². The Labute approximate surface area is 103 Å². The monoisotopic (exact) mass is 228 g/mol. The minimum atomic E-state index is 0.244. The second-order valence-corrected chi connectivity index (χ2v) is 5.75. The first-order chi connectivity index (χ1) is 7.42. The fourth-order valence-electron chi connectivity index (χ4n) is 1.88. The van der Waals surface area contributed by atoms with Crippen molar-refractivity contribution in [1.29, 1.82) is 0 Å². The van der Waals surface area contributed by atoms with Crippen LogP contribution in [0.15, 0.2) is 0 Å². The Balaban J connectivity index is 3.83. The van der Waals surface area contributed by atoms with Gasteiger partial charge in [-0.2, -0.15) is 0 Å². The van der Waals surface area contributed by atoms with E-state index in [1.165, 1.54) is 32.5 Å². The Hall–Kier alpha value is -0.0800. The molecule has 0 radical (unpaired) electrons. The molecule has 0 atom stereocenters. The molecule has 0 heterocycles. The molecule has 1 N–H and O–H groups in total. The molecule has 0 aliphatic heterocycles. The summed E-state index contributed by atoms with van der Waals surface area (Å²) in [7, 11) is 0. The van der Waals surface area contributed by atoms with Crippen molar-refractivity contribution < 1.29 is 0 Å². The van der Waals surface area contributed by atoms with Gasteiger partial charge in [0.25, 0.3) is 0 Å². The number of nitrogens with one attached hydrogen (secondary N) is 1. The first-order valence-electron chi connectivity index (χ1n) is 6.90. The number of nitrogens with zero attached hydrogens (tertiary/aromatic N) is 1. The molecule has 0 rings (SSSR count). The third kappa shape index (κ3) is 8.12. The number of hydrogen-bond acceptors (Lipinski definition) is 2. The molecule has 2 heteroatoms. The zero-order valence-corrected chi connectivity index (χ0v) is 12.3. The van der Waals surface area contributed by atoms with Gasteiger partial charge in [0.2, 0.25) is 0 Å². The van der Waals surface area contributed by atoms with Crippen LogP contribution in [-0.2, 0) is 0 Å². The lowest BCUT2D eigenvalue weighted by molar-refractivity contribution is 0.226. The fraction of sp³-hybridized carbons (Fsp3) is 1.00. The van der Waals surface area contributed by atoms with E-state index < -0.39 is 0 Å². The van der Waals surface area contributed by atoms with Crippen molar-refractivity contribution in [1.82, 2.24) is 10.2 Å². The lowest BCUT2D eigenvalue weighted by Crippen LogP contribution is -2.42. The molecule has 0 aromatic heterocycles. The molecule has 0 aliphatic carbocycles. The van der Waals surface area contributed by atoms with Crippen molar-refractivity contribution in [3.8, 4) is 0 Å². The largest absolute Gasteiger partial charge is 0.311 e. The Morgan fingerprint density at radius 1 is 1.06 bits per heavy atom. The molecule has 0 aromatic rings. The van der Waals surface area contributed by atoms with Gasteiger partial charge in [-0.3, -0.25) is 0 Å². The molecule has 0 spiro atoms. The lowest BCUT2D eigenvalue weighted by atomic mass is 10.0. The Kier molecular flexibility index (Phi) is 8.04. The molecule has 0 aromatic carbocycles. The fourth-order valence-corrected chi connectivity index (χ4v) is 1.88. The summed E-state index contributed by atoms with van der Waals surface area (Å²) in [6.07, 6.45) is 2.61. The van der Waals surface area contributed by atoms with Gasteiger partial charge in [0, 0.05) is 25.2 Å². The Morgan fingerprint density at radius 3 is 2.00 bits per heavy atom. The zero-order valence-electron chi connectivity index (χ0n) is 12.3. The maximum absolute atomic E-state index is 3.55. The van der Waals surface area contributed by atoms with E-state index in [4.69, 9.17) is 0 Å². The second-order valence-electron chi connectivity index (χ2n) is 5.75. The molecule has 0 fully saturated rings. The minimum Gasteiger partial charge on any atom is -0.311 e. The van der Waals surface area contributed by atoms with Crippen LogP contribution < -0.4 is 5.32 Å². The van der Waals surface area contributed by atoms with Crippen LogP contribution in [0.25, 0.3) is 0 Å². The van der Waals surface area contributed by atoms with Gasteiger partial charge in [-0.05, 0) is 33.2 Å². The topological polar surface area (TPSA) is 15.3 Å². The summed E-state index contributed by atoms with van der Waals surface area (Å²) in [5.41, 5.74) is 0.244. The van der Waals surface area contributed by atoms with Crippen LogP contribution in [0.4, 0.5) is 0 Å². The highest BCUT2D eigenvalue weighted by atomic mass is 15.1. The summed E-state index contributed by atoms with van der Waals surface area (Å²) in [6.45, 7) is 18.2. The molecule has 0 aliphatic rings. The molecule has 2 nitrogen and oxygen atoms in total. The second kappa shape index (κ2) is 8.08. The van der Waals surface area contributed by atoms with Crippen LogP contribution in [0.5, 0.6) is 0 Å². The molecule has 0 saturated carbocycles. The van der Waals surface area contributed by atoms with E-state index in [0.717, 1.165) is 12.5 Å². The molecule has 98 valence electrons. The van der Waals surface area contributed by atoms with Gasteiger partial charge in [-0.15, -0.1) is 0 Å². The van der Waals surface area contributed by atoms with Gasteiger partial charge >= 0.3 is 0 Å². The van der Waals surface area contributed by atoms with Gasteiger partial charge in [0.05, 0.1) is 0 Å². The van der Waals surface area contributed by atoms with Gasteiger partial charge < -0.3 is 10.2 Å². The quantitative estimate of drug-likeness (QED) is 0.686. The van der Waals surface area contributed by atoms with E-state index in [9.17, 15) is 0 Å². The van der Waals surface area contributed by atoms with E-state index >= 15 is 0 Å². The lowest BCUT2D eigenvalue weighted by Gasteiger charge is -2.27. The average molecular weight is 228 g/mol. The van der Waals surface area contributed by atoms with Gasteiger partial charge in [0.1, 0.15) is 0 Å². The van der Waals surface area contributed by atoms with E-state index in [1.807, 2.05) is 0 Å². The predicted octanol–water partition coefficient (Wildman–Crippen LogP) is 3.13. The standard InChI is InChI=1S/C14H32N2/c1-7-13(8-2)12-16(9-3)11-10-15-14(4,5)6/h13,15H,7-12H2,1-6H3. The van der Waals surface area contributed by atoms with Crippen LogP contribution >= 0.6 is 0 Å². The first-order valence-corrected chi connectivity index (χ1v) is 6.90. The summed E-state index contributed by atoms with van der Waals surface area (Å²) in [5.74, 6) is 0.870. The van der Waals surface area contributed by atoms with Crippen molar-refractivity contribution in [3.63, 3.8) is 0 Å². The van der Waals surface area contributed by atoms with Crippen molar-refractivity contribution in [3.05, 3.63) is 0 Å². The summed E-state index contributed by atoms with van der Waals surface area (Å²) < 4.78 is 0. The van der Waals surface area contributed by atoms with Gasteiger partial charge in [0.15, 0.2) is 0 Å². The van der Waals surface area contributed by atoms with Crippen LogP contribution in [0.2, 0.25) is 0 Å². The number of rotatable bonds is 8. The van der Waals surface area contributed by atoms with E-state index in [2.05, 4.69) is 51.8 Å². The number of hydrogen-bond donors (Lipinski definition) is 1. The highest BCUT2D eigenvalue weighted by Gasteiger charge is 2.12. The maximum Gasteiger partial charge on any atom is 0.0107 e. The molecule has 0 amide bonds. The van der Waals surface area contributed by atoms with E-state index in [-0.39, 0.29) is 5.54 Å². The van der Waals surface area contributed by atoms with E-state index in [1.54, 1.807) is 0 Å². The predicted molar refractivity (Wildman–Crippen MR) is 73.9 cm³/mol. The van der Waals surface area contributed by atoms with Gasteiger partial charge in [-0.1, -0.05) is 33.6 Å². The molecule has 0 unspecified atom stereocenters. The molecule has 0 saturated heterocycles. The highest BCUT2D eigenvalue weighted by Crippen LogP contribution is 2.09. The summed E-state index contributed by atoms with van der Waals surface area (Å²) in [5, 5.41) is 3.55. The Bertz CT molecular complexity index is 157. The highest BCUT2D eigenvalue weighted by molar-refractivity contribution is 4.72. The van der Waals surface area contributed by atoms with Crippen molar-refractivity contribution in [2.45, 2.75) is 59.9 Å². The van der Waals surface area contributed by atoms with Crippen LogP contribution in [0.1, 0.15) is 54.4 Å². The Morgan fingerprint density at radius 2 is 1.62 bits per heavy atom.